The van der Waals surface area contributed by atoms with Crippen molar-refractivity contribution in [3.05, 3.63) is 65.4 Å². The number of carbonyl (C=O) groups excluding carboxylic acids is 2. The van der Waals surface area contributed by atoms with Crippen LogP contribution in [0, 0.1) is 6.92 Å². The largest absolute Gasteiger partial charge is 0.491 e. The fraction of sp³-hybridized carbons (Fsp3) is 0.308. The third-order valence-corrected chi connectivity index (χ3v) is 6.27. The van der Waals surface area contributed by atoms with Gasteiger partial charge in [0.2, 0.25) is 0 Å². The summed E-state index contributed by atoms with van der Waals surface area (Å²) in [5, 5.41) is 3.42. The van der Waals surface area contributed by atoms with Gasteiger partial charge in [0.05, 0.1) is 11.1 Å². The van der Waals surface area contributed by atoms with E-state index in [2.05, 4.69) is 10.1 Å². The molecule has 1 fully saturated rings. The Bertz CT molecular complexity index is 1320. The molecule has 170 valence electrons. The van der Waals surface area contributed by atoms with E-state index in [0.29, 0.717) is 35.7 Å². The smallest absolute Gasteiger partial charge is 0.269 e. The highest BCUT2D eigenvalue weighted by molar-refractivity contribution is 6.50. The Morgan fingerprint density at radius 3 is 2.64 bits per heavy atom. The second-order valence-corrected chi connectivity index (χ2v) is 8.94. The van der Waals surface area contributed by atoms with Crippen LogP contribution in [0.1, 0.15) is 30.7 Å². The van der Waals surface area contributed by atoms with Crippen LogP contribution in [0.4, 0.5) is 0 Å². The van der Waals surface area contributed by atoms with Gasteiger partial charge in [0.15, 0.2) is 12.7 Å². The van der Waals surface area contributed by atoms with E-state index in [9.17, 15) is 9.59 Å². The topological polar surface area (TPSA) is 82.4 Å². The van der Waals surface area contributed by atoms with Gasteiger partial charge < -0.3 is 14.0 Å². The van der Waals surface area contributed by atoms with Crippen LogP contribution in [0.3, 0.4) is 0 Å². The summed E-state index contributed by atoms with van der Waals surface area (Å²) in [6, 6.07) is 15.2. The minimum atomic E-state index is -0.492. The van der Waals surface area contributed by atoms with Crippen LogP contribution in [-0.4, -0.2) is 46.2 Å². The number of hydrogen-bond donors (Lipinski definition) is 1. The molecule has 0 unspecified atom stereocenters. The van der Waals surface area contributed by atoms with Crippen molar-refractivity contribution in [1.82, 2.24) is 9.88 Å². The molecule has 2 aromatic carbocycles. The molecule has 1 saturated heterocycles. The molecule has 2 aliphatic rings. The zero-order valence-electron chi connectivity index (χ0n) is 19.1. The summed E-state index contributed by atoms with van der Waals surface area (Å²) in [6.07, 6.45) is -0.117. The molecular formula is C26H27N2O5+. The number of carbonyl (C=O) groups is 2. The Kier molecular flexibility index (Phi) is 5.11. The number of nitrogens with zero attached hydrogens (tertiary/aromatic N) is 1. The van der Waals surface area contributed by atoms with Gasteiger partial charge in [-0.15, -0.1) is 0 Å². The van der Waals surface area contributed by atoms with Crippen LogP contribution >= 0.6 is 0 Å². The van der Waals surface area contributed by atoms with Crippen molar-refractivity contribution in [2.45, 2.75) is 32.7 Å². The first kappa shape index (κ1) is 21.4. The standard InChI is InChI=1S/C26H26N2O5/c1-15-21(19-10-5-6-11-20(19)28(15)4)23-22(24(29)27-25(23)30)16-8-7-9-17(12-16)31-13-18-14-32-26(2,3)33-18/h5-12,18H,13-14H2,1-4H3,(H,27,29,30)/p+1/t18-/m0/s1. The monoisotopic (exact) mass is 447 g/mol. The lowest BCUT2D eigenvalue weighted by atomic mass is 9.94. The summed E-state index contributed by atoms with van der Waals surface area (Å²) < 4.78 is 18.3. The molecule has 2 aliphatic heterocycles. The second-order valence-electron chi connectivity index (χ2n) is 8.94. The van der Waals surface area contributed by atoms with Gasteiger partial charge in [-0.25, -0.2) is 0 Å². The lowest BCUT2D eigenvalue weighted by molar-refractivity contribution is -0.227. The summed E-state index contributed by atoms with van der Waals surface area (Å²) in [7, 11) is 1.96. The van der Waals surface area contributed by atoms with Crippen molar-refractivity contribution in [2.24, 2.45) is 7.05 Å². The van der Waals surface area contributed by atoms with Gasteiger partial charge in [-0.05, 0) is 30.7 Å². The maximum Gasteiger partial charge on any atom is 0.269 e. The van der Waals surface area contributed by atoms with E-state index in [4.69, 9.17) is 9.47 Å². The number of benzene rings is 2. The molecule has 33 heavy (non-hydrogen) atoms. The number of rotatable bonds is 5. The molecule has 2 amide bonds. The van der Waals surface area contributed by atoms with Crippen molar-refractivity contribution < 1.29 is 23.8 Å². The van der Waals surface area contributed by atoms with E-state index in [1.54, 1.807) is 6.07 Å². The molecule has 1 aromatic heterocycles. The average molecular weight is 448 g/mol. The highest BCUT2D eigenvalue weighted by Crippen LogP contribution is 2.38. The number of fused-ring (bicyclic) bond motifs is 1. The van der Waals surface area contributed by atoms with E-state index in [1.807, 2.05) is 74.9 Å². The highest BCUT2D eigenvalue weighted by atomic mass is 16.7. The average Bonchev–Trinajstić information content (AvgIpc) is 3.37. The third kappa shape index (κ3) is 3.73. The SMILES string of the molecule is Cc1c(C2=C(c3cccc(OC[C@H]4C[OH+]C(C)(C)O4)c3)C(=O)NC2=O)c2ccccc2n1C. The van der Waals surface area contributed by atoms with Crippen molar-refractivity contribution >= 4 is 33.9 Å². The minimum Gasteiger partial charge on any atom is -0.491 e. The van der Waals surface area contributed by atoms with Crippen LogP contribution in [0.15, 0.2) is 48.5 Å². The van der Waals surface area contributed by atoms with Gasteiger partial charge in [-0.2, -0.15) is 0 Å². The fourth-order valence-corrected chi connectivity index (χ4v) is 4.63. The number of hydrogen-bond acceptors (Lipinski definition) is 4. The normalized spacial score (nSPS) is 20.1. The maximum absolute atomic E-state index is 13.0. The number of nitrogens with one attached hydrogen (secondary N) is 1. The van der Waals surface area contributed by atoms with Crippen LogP contribution in [0.25, 0.3) is 22.0 Å². The summed E-state index contributed by atoms with van der Waals surface area (Å²) >= 11 is 0. The predicted molar refractivity (Wildman–Crippen MR) is 126 cm³/mol. The van der Waals surface area contributed by atoms with Crippen molar-refractivity contribution in [3.8, 4) is 5.75 Å². The lowest BCUT2D eigenvalue weighted by Gasteiger charge is -2.13. The van der Waals surface area contributed by atoms with E-state index < -0.39 is 11.7 Å². The minimum absolute atomic E-state index is 0.117. The number of aromatic nitrogens is 1. The number of imide groups is 1. The van der Waals surface area contributed by atoms with Gasteiger partial charge >= 0.3 is 0 Å². The first-order chi connectivity index (χ1) is 15.7. The Balaban J connectivity index is 1.54. The molecule has 0 bridgehead atoms. The number of aryl methyl sites for hydroxylation is 1. The van der Waals surface area contributed by atoms with E-state index in [1.165, 1.54) is 0 Å². The summed E-state index contributed by atoms with van der Waals surface area (Å²) in [5.74, 6) is -0.675. The lowest BCUT2D eigenvalue weighted by Crippen LogP contribution is -2.26. The van der Waals surface area contributed by atoms with Crippen LogP contribution < -0.4 is 10.1 Å². The van der Waals surface area contributed by atoms with Crippen molar-refractivity contribution in [2.75, 3.05) is 13.2 Å². The Morgan fingerprint density at radius 2 is 1.88 bits per heavy atom. The molecule has 2 N–H and O–H groups in total. The van der Waals surface area contributed by atoms with Gasteiger partial charge in [0, 0.05) is 43.1 Å². The van der Waals surface area contributed by atoms with Crippen molar-refractivity contribution in [3.63, 3.8) is 0 Å². The van der Waals surface area contributed by atoms with E-state index in [-0.39, 0.29) is 12.0 Å². The molecule has 0 saturated carbocycles. The number of ether oxygens (including phenoxy) is 3. The van der Waals surface area contributed by atoms with Crippen LogP contribution in [0.2, 0.25) is 0 Å². The van der Waals surface area contributed by atoms with E-state index >= 15 is 0 Å². The zero-order chi connectivity index (χ0) is 23.3. The molecule has 5 rings (SSSR count). The van der Waals surface area contributed by atoms with Crippen LogP contribution in [-0.2, 0) is 21.4 Å². The molecule has 7 heteroatoms. The number of amides is 2. The predicted octanol–water partition coefficient (Wildman–Crippen LogP) is 3.10. The summed E-state index contributed by atoms with van der Waals surface area (Å²) in [6.45, 7) is 6.75. The molecule has 0 aliphatic carbocycles. The van der Waals surface area contributed by atoms with Gasteiger partial charge in [-0.3, -0.25) is 19.6 Å². The van der Waals surface area contributed by atoms with Gasteiger partial charge in [0.25, 0.3) is 17.6 Å². The first-order valence-corrected chi connectivity index (χ1v) is 11.0. The molecule has 0 radical (unpaired) electrons. The summed E-state index contributed by atoms with van der Waals surface area (Å²) in [4.78, 5) is 25.9. The van der Waals surface area contributed by atoms with Crippen LogP contribution in [0.5, 0.6) is 5.75 Å². The van der Waals surface area contributed by atoms with Gasteiger partial charge in [0.1, 0.15) is 12.4 Å². The zero-order valence-corrected chi connectivity index (χ0v) is 19.1. The first-order valence-electron chi connectivity index (χ1n) is 11.0. The number of para-hydroxylation sites is 1. The third-order valence-electron chi connectivity index (χ3n) is 6.27. The molecule has 3 heterocycles. The van der Waals surface area contributed by atoms with Crippen molar-refractivity contribution in [1.29, 1.82) is 0 Å². The Morgan fingerprint density at radius 1 is 1.12 bits per heavy atom. The summed E-state index contributed by atoms with van der Waals surface area (Å²) in [5.41, 5.74) is 4.09. The molecule has 0 spiro atoms. The maximum atomic E-state index is 13.0. The highest BCUT2D eigenvalue weighted by Gasteiger charge is 2.39. The fourth-order valence-electron chi connectivity index (χ4n) is 4.63. The molecule has 3 aromatic rings. The quantitative estimate of drug-likeness (QED) is 0.481. The Labute approximate surface area is 191 Å². The Hall–Kier alpha value is -3.42. The molecular weight excluding hydrogens is 420 g/mol. The molecule has 7 nitrogen and oxygen atoms in total. The van der Waals surface area contributed by atoms with Gasteiger partial charge in [-0.1, -0.05) is 30.3 Å². The molecule has 1 atom stereocenters. The van der Waals surface area contributed by atoms with E-state index in [0.717, 1.165) is 22.2 Å². The second kappa shape index (κ2) is 7.86. The number of aliphatic hydroxyl groups is 2.